The molecule has 0 radical (unpaired) electrons. The molecule has 6 nitrogen and oxygen atoms in total. The normalized spacial score (nSPS) is 15.5. The van der Waals surface area contributed by atoms with Crippen LogP contribution in [0.5, 0.6) is 5.75 Å². The molecule has 0 aliphatic heterocycles. The smallest absolute Gasteiger partial charge is 0.344 e. The molecule has 26 heavy (non-hydrogen) atoms. The molecule has 7 heteroatoms. The minimum atomic E-state index is -0.691. The van der Waals surface area contributed by atoms with Crippen LogP contribution in [0.3, 0.4) is 0 Å². The van der Waals surface area contributed by atoms with Crippen molar-refractivity contribution < 1.29 is 19.1 Å². The third-order valence-electron chi connectivity index (χ3n) is 4.48. The fraction of sp³-hybridized carbons (Fsp3) is 0.579. The Hall–Kier alpha value is -1.79. The third-order valence-corrected chi connectivity index (χ3v) is 4.48. The zero-order valence-electron chi connectivity index (χ0n) is 15.3. The summed E-state index contributed by atoms with van der Waals surface area (Å²) in [5.41, 5.74) is 6.61. The van der Waals surface area contributed by atoms with E-state index in [-0.39, 0.29) is 30.9 Å². The number of ether oxygens (including phenoxy) is 2. The molecule has 1 amide bonds. The summed E-state index contributed by atoms with van der Waals surface area (Å²) in [7, 11) is 0. The number of amides is 1. The van der Waals surface area contributed by atoms with Crippen molar-refractivity contribution in [3.63, 3.8) is 0 Å². The topological polar surface area (TPSA) is 90.6 Å². The van der Waals surface area contributed by atoms with E-state index in [1.807, 2.05) is 24.3 Å². The lowest BCUT2D eigenvalue weighted by Crippen LogP contribution is -2.55. The van der Waals surface area contributed by atoms with Gasteiger partial charge in [-0.3, -0.25) is 4.79 Å². The van der Waals surface area contributed by atoms with Crippen LogP contribution in [-0.2, 0) is 20.7 Å². The van der Waals surface area contributed by atoms with Crippen molar-refractivity contribution in [3.8, 4) is 5.75 Å². The number of rotatable bonds is 8. The van der Waals surface area contributed by atoms with Gasteiger partial charge in [-0.15, -0.1) is 12.4 Å². The van der Waals surface area contributed by atoms with Crippen molar-refractivity contribution in [2.45, 2.75) is 51.0 Å². The second kappa shape index (κ2) is 11.0. The number of hydrogen-bond donors (Lipinski definition) is 2. The highest BCUT2D eigenvalue weighted by Gasteiger charge is 2.34. The number of nitrogens with one attached hydrogen (secondary N) is 1. The number of halogens is 1. The van der Waals surface area contributed by atoms with Crippen LogP contribution in [0.2, 0.25) is 0 Å². The molecule has 0 unspecified atom stereocenters. The van der Waals surface area contributed by atoms with E-state index in [4.69, 9.17) is 15.2 Å². The van der Waals surface area contributed by atoms with Crippen LogP contribution in [0, 0.1) is 0 Å². The summed E-state index contributed by atoms with van der Waals surface area (Å²) in [4.78, 5) is 23.5. The quantitative estimate of drug-likeness (QED) is 0.671. The van der Waals surface area contributed by atoms with E-state index in [0.29, 0.717) is 18.9 Å². The molecule has 0 atom stereocenters. The summed E-state index contributed by atoms with van der Waals surface area (Å²) in [6, 6.07) is 7.46. The maximum absolute atomic E-state index is 12.3. The van der Waals surface area contributed by atoms with Crippen LogP contribution in [-0.4, -0.2) is 37.2 Å². The van der Waals surface area contributed by atoms with Gasteiger partial charge in [0, 0.05) is 6.54 Å². The maximum Gasteiger partial charge on any atom is 0.344 e. The first kappa shape index (κ1) is 22.3. The minimum Gasteiger partial charge on any atom is -0.482 e. The van der Waals surface area contributed by atoms with E-state index in [2.05, 4.69) is 5.32 Å². The number of benzene rings is 1. The van der Waals surface area contributed by atoms with Gasteiger partial charge in [0.1, 0.15) is 5.75 Å². The van der Waals surface area contributed by atoms with Gasteiger partial charge in [-0.2, -0.15) is 0 Å². The second-order valence-corrected chi connectivity index (χ2v) is 6.46. The predicted molar refractivity (Wildman–Crippen MR) is 103 cm³/mol. The Labute approximate surface area is 161 Å². The summed E-state index contributed by atoms with van der Waals surface area (Å²) in [6.07, 6.45) is 5.47. The van der Waals surface area contributed by atoms with Crippen LogP contribution < -0.4 is 15.8 Å². The van der Waals surface area contributed by atoms with Gasteiger partial charge >= 0.3 is 5.97 Å². The van der Waals surface area contributed by atoms with Gasteiger partial charge in [-0.25, -0.2) is 4.79 Å². The van der Waals surface area contributed by atoms with Crippen molar-refractivity contribution in [2.24, 2.45) is 5.73 Å². The number of nitrogens with two attached hydrogens (primary N) is 1. The van der Waals surface area contributed by atoms with Gasteiger partial charge in [0.25, 0.3) is 0 Å². The first-order valence-electron chi connectivity index (χ1n) is 8.98. The molecule has 1 aliphatic carbocycles. The van der Waals surface area contributed by atoms with Crippen molar-refractivity contribution in [3.05, 3.63) is 29.8 Å². The molecule has 146 valence electrons. The number of hydrogen-bond acceptors (Lipinski definition) is 5. The van der Waals surface area contributed by atoms with Crippen LogP contribution in [0.15, 0.2) is 24.3 Å². The highest BCUT2D eigenvalue weighted by molar-refractivity contribution is 5.86. The molecule has 0 heterocycles. The highest BCUT2D eigenvalue weighted by Crippen LogP contribution is 2.25. The average molecular weight is 385 g/mol. The number of carbonyl (C=O) groups is 2. The summed E-state index contributed by atoms with van der Waals surface area (Å²) in [5.74, 6) is 0.193. The first-order valence-corrected chi connectivity index (χ1v) is 8.98. The van der Waals surface area contributed by atoms with Crippen molar-refractivity contribution in [1.29, 1.82) is 0 Å². The highest BCUT2D eigenvalue weighted by atomic mass is 35.5. The molecule has 2 rings (SSSR count). The molecule has 1 fully saturated rings. The van der Waals surface area contributed by atoms with Gasteiger partial charge in [0.05, 0.1) is 12.1 Å². The lowest BCUT2D eigenvalue weighted by molar-refractivity contribution is -0.145. The minimum absolute atomic E-state index is 0. The van der Waals surface area contributed by atoms with E-state index >= 15 is 0 Å². The van der Waals surface area contributed by atoms with Gasteiger partial charge in [0.15, 0.2) is 6.61 Å². The molecule has 1 aromatic carbocycles. The maximum atomic E-state index is 12.3. The Morgan fingerprint density at radius 1 is 1.15 bits per heavy atom. The number of carbonyl (C=O) groups excluding carboxylic acids is 2. The zero-order valence-corrected chi connectivity index (χ0v) is 16.1. The van der Waals surface area contributed by atoms with E-state index < -0.39 is 5.54 Å². The molecule has 0 aromatic heterocycles. The summed E-state index contributed by atoms with van der Waals surface area (Å²) in [5, 5.41) is 2.95. The number of esters is 1. The van der Waals surface area contributed by atoms with E-state index in [1.54, 1.807) is 6.92 Å². The lowest BCUT2D eigenvalue weighted by Gasteiger charge is -2.31. The summed E-state index contributed by atoms with van der Waals surface area (Å²) < 4.78 is 10.2. The summed E-state index contributed by atoms with van der Waals surface area (Å²) in [6.45, 7) is 2.56. The van der Waals surface area contributed by atoms with Gasteiger partial charge in [-0.05, 0) is 43.9 Å². The largest absolute Gasteiger partial charge is 0.482 e. The Balaban J connectivity index is 0.00000338. The van der Waals surface area contributed by atoms with Crippen LogP contribution in [0.4, 0.5) is 0 Å². The SMILES string of the molecule is CCOC(=O)COc1ccc(CCNC(=O)C2(N)CCCCC2)cc1.Cl. The molecular formula is C19H29ClN2O4. The monoisotopic (exact) mass is 384 g/mol. The fourth-order valence-corrected chi connectivity index (χ4v) is 3.00. The lowest BCUT2D eigenvalue weighted by atomic mass is 9.82. The molecule has 0 saturated heterocycles. The van der Waals surface area contributed by atoms with E-state index in [1.165, 1.54) is 0 Å². The Morgan fingerprint density at radius 3 is 2.42 bits per heavy atom. The Morgan fingerprint density at radius 2 is 1.81 bits per heavy atom. The average Bonchev–Trinajstić information content (AvgIpc) is 2.62. The Bertz CT molecular complexity index is 571. The van der Waals surface area contributed by atoms with Crippen molar-refractivity contribution >= 4 is 24.3 Å². The van der Waals surface area contributed by atoms with Crippen LogP contribution in [0.25, 0.3) is 0 Å². The Kier molecular flexibility index (Phi) is 9.44. The van der Waals surface area contributed by atoms with Gasteiger partial charge in [0.2, 0.25) is 5.91 Å². The molecule has 1 aromatic rings. The van der Waals surface area contributed by atoms with E-state index in [9.17, 15) is 9.59 Å². The van der Waals surface area contributed by atoms with Crippen LogP contribution >= 0.6 is 12.4 Å². The third kappa shape index (κ3) is 6.84. The predicted octanol–water partition coefficient (Wildman–Crippen LogP) is 2.37. The molecule has 0 spiro atoms. The van der Waals surface area contributed by atoms with Crippen molar-refractivity contribution in [1.82, 2.24) is 5.32 Å². The fourth-order valence-electron chi connectivity index (χ4n) is 3.00. The van der Waals surface area contributed by atoms with Gasteiger partial charge < -0.3 is 20.5 Å². The molecular weight excluding hydrogens is 356 g/mol. The van der Waals surface area contributed by atoms with Gasteiger partial charge in [-0.1, -0.05) is 31.4 Å². The second-order valence-electron chi connectivity index (χ2n) is 6.46. The van der Waals surface area contributed by atoms with E-state index in [0.717, 1.165) is 44.1 Å². The first-order chi connectivity index (χ1) is 12.0. The molecule has 0 bridgehead atoms. The van der Waals surface area contributed by atoms with Crippen LogP contribution in [0.1, 0.15) is 44.6 Å². The zero-order chi connectivity index (χ0) is 18.1. The molecule has 1 saturated carbocycles. The summed E-state index contributed by atoms with van der Waals surface area (Å²) >= 11 is 0. The molecule has 1 aliphatic rings. The molecule has 3 N–H and O–H groups in total. The van der Waals surface area contributed by atoms with Crippen molar-refractivity contribution in [2.75, 3.05) is 19.8 Å². The standard InChI is InChI=1S/C19H28N2O4.ClH/c1-2-24-17(22)14-25-16-8-6-15(7-9-16)10-13-21-18(23)19(20)11-4-3-5-12-19;/h6-9H,2-5,10-14,20H2,1H3,(H,21,23);1H.